The minimum atomic E-state index is 0.490. The third kappa shape index (κ3) is 8.05. The first-order valence-electron chi connectivity index (χ1n) is 6.27. The zero-order chi connectivity index (χ0) is 12.2. The van der Waals surface area contributed by atoms with Gasteiger partial charge >= 0.3 is 0 Å². The van der Waals surface area contributed by atoms with Crippen LogP contribution in [-0.2, 0) is 9.47 Å². The molecule has 0 aliphatic heterocycles. The van der Waals surface area contributed by atoms with Crippen molar-refractivity contribution in [3.05, 3.63) is 0 Å². The van der Waals surface area contributed by atoms with Crippen molar-refractivity contribution in [3.8, 4) is 0 Å². The van der Waals surface area contributed by atoms with Crippen molar-refractivity contribution in [3.63, 3.8) is 0 Å². The molecule has 16 heavy (non-hydrogen) atoms. The van der Waals surface area contributed by atoms with Crippen LogP contribution in [-0.4, -0.2) is 64.1 Å². The first-order chi connectivity index (χ1) is 7.76. The van der Waals surface area contributed by atoms with E-state index in [2.05, 4.69) is 24.1 Å². The molecule has 0 fully saturated rings. The number of methoxy groups -OCH3 is 1. The van der Waals surface area contributed by atoms with Crippen molar-refractivity contribution in [2.45, 2.75) is 26.8 Å². The van der Waals surface area contributed by atoms with E-state index in [1.807, 2.05) is 6.92 Å². The summed E-state index contributed by atoms with van der Waals surface area (Å²) in [5.41, 5.74) is 0. The highest BCUT2D eigenvalue weighted by atomic mass is 16.5. The third-order valence-electron chi connectivity index (χ3n) is 2.64. The smallest absolute Gasteiger partial charge is 0.0615 e. The van der Waals surface area contributed by atoms with Gasteiger partial charge in [0.2, 0.25) is 0 Å². The van der Waals surface area contributed by atoms with Gasteiger partial charge in [0.05, 0.1) is 13.2 Å². The number of nitrogens with one attached hydrogen (secondary N) is 1. The van der Waals surface area contributed by atoms with Crippen molar-refractivity contribution < 1.29 is 9.47 Å². The van der Waals surface area contributed by atoms with Gasteiger partial charge in [-0.15, -0.1) is 0 Å². The molecule has 0 saturated heterocycles. The highest BCUT2D eigenvalue weighted by Crippen LogP contribution is 1.97. The number of likely N-dealkylation sites (N-methyl/N-ethyl adjacent to an activating group) is 1. The van der Waals surface area contributed by atoms with Gasteiger partial charge in [0.25, 0.3) is 0 Å². The molecule has 0 aromatic carbocycles. The van der Waals surface area contributed by atoms with Gasteiger partial charge in [-0.2, -0.15) is 0 Å². The second kappa shape index (κ2) is 11.3. The number of rotatable bonds is 11. The molecule has 0 rings (SSSR count). The molecule has 98 valence electrons. The SMILES string of the molecule is CCOCCNCCN(CC)C(C)COC. The van der Waals surface area contributed by atoms with E-state index >= 15 is 0 Å². The van der Waals surface area contributed by atoms with E-state index < -0.39 is 0 Å². The molecule has 0 aliphatic carbocycles. The molecular weight excluding hydrogens is 204 g/mol. The van der Waals surface area contributed by atoms with Gasteiger partial charge in [0.15, 0.2) is 0 Å². The maximum absolute atomic E-state index is 5.26. The highest BCUT2D eigenvalue weighted by molar-refractivity contribution is 4.66. The lowest BCUT2D eigenvalue weighted by Gasteiger charge is -2.27. The highest BCUT2D eigenvalue weighted by Gasteiger charge is 2.10. The summed E-state index contributed by atoms with van der Waals surface area (Å²) in [5, 5.41) is 3.37. The Kier molecular flexibility index (Phi) is 11.2. The zero-order valence-corrected chi connectivity index (χ0v) is 11.3. The van der Waals surface area contributed by atoms with E-state index in [1.54, 1.807) is 7.11 Å². The van der Waals surface area contributed by atoms with Crippen LogP contribution in [0.15, 0.2) is 0 Å². The fraction of sp³-hybridized carbons (Fsp3) is 1.00. The Balaban J connectivity index is 3.47. The molecule has 0 bridgehead atoms. The Labute approximate surface area is 100 Å². The minimum Gasteiger partial charge on any atom is -0.383 e. The molecule has 1 atom stereocenters. The second-order valence-electron chi connectivity index (χ2n) is 3.88. The van der Waals surface area contributed by atoms with Crippen LogP contribution in [0.25, 0.3) is 0 Å². The predicted molar refractivity (Wildman–Crippen MR) is 67.9 cm³/mol. The first kappa shape index (κ1) is 15.8. The van der Waals surface area contributed by atoms with E-state index in [-0.39, 0.29) is 0 Å². The first-order valence-corrected chi connectivity index (χ1v) is 6.27. The van der Waals surface area contributed by atoms with Gasteiger partial charge in [-0.3, -0.25) is 4.90 Å². The van der Waals surface area contributed by atoms with E-state index in [0.717, 1.165) is 46.0 Å². The fourth-order valence-electron chi connectivity index (χ4n) is 1.67. The number of hydrogen-bond donors (Lipinski definition) is 1. The van der Waals surface area contributed by atoms with Crippen LogP contribution < -0.4 is 5.32 Å². The van der Waals surface area contributed by atoms with Gasteiger partial charge in [-0.05, 0) is 20.4 Å². The van der Waals surface area contributed by atoms with E-state index in [9.17, 15) is 0 Å². The van der Waals surface area contributed by atoms with Gasteiger partial charge in [0.1, 0.15) is 0 Å². The lowest BCUT2D eigenvalue weighted by Crippen LogP contribution is -2.40. The van der Waals surface area contributed by atoms with Crippen molar-refractivity contribution >= 4 is 0 Å². The standard InChI is InChI=1S/C12H28N2O2/c1-5-14(12(3)11-15-4)9-7-13-8-10-16-6-2/h12-13H,5-11H2,1-4H3. The van der Waals surface area contributed by atoms with Gasteiger partial charge < -0.3 is 14.8 Å². The lowest BCUT2D eigenvalue weighted by molar-refractivity contribution is 0.102. The monoisotopic (exact) mass is 232 g/mol. The molecule has 0 saturated carbocycles. The van der Waals surface area contributed by atoms with Gasteiger partial charge in [-0.1, -0.05) is 6.92 Å². The van der Waals surface area contributed by atoms with Crippen molar-refractivity contribution in [2.75, 3.05) is 53.1 Å². The number of ether oxygens (including phenoxy) is 2. The predicted octanol–water partition coefficient (Wildman–Crippen LogP) is 0.969. The summed E-state index contributed by atoms with van der Waals surface area (Å²) in [5.74, 6) is 0. The molecule has 0 heterocycles. The fourth-order valence-corrected chi connectivity index (χ4v) is 1.67. The molecule has 0 spiro atoms. The van der Waals surface area contributed by atoms with Crippen molar-refractivity contribution in [1.29, 1.82) is 0 Å². The molecular formula is C12H28N2O2. The summed E-state index contributed by atoms with van der Waals surface area (Å²) >= 11 is 0. The Morgan fingerprint density at radius 1 is 1.25 bits per heavy atom. The molecule has 4 heteroatoms. The van der Waals surface area contributed by atoms with E-state index in [0.29, 0.717) is 6.04 Å². The van der Waals surface area contributed by atoms with Crippen molar-refractivity contribution in [1.82, 2.24) is 10.2 Å². The summed E-state index contributed by atoms with van der Waals surface area (Å²) in [6.07, 6.45) is 0. The average molecular weight is 232 g/mol. The van der Waals surface area contributed by atoms with Crippen LogP contribution in [0.2, 0.25) is 0 Å². The zero-order valence-electron chi connectivity index (χ0n) is 11.3. The third-order valence-corrected chi connectivity index (χ3v) is 2.64. The molecule has 0 radical (unpaired) electrons. The Bertz CT molecular complexity index is 145. The van der Waals surface area contributed by atoms with E-state index in [1.165, 1.54) is 0 Å². The summed E-state index contributed by atoms with van der Waals surface area (Å²) in [7, 11) is 1.75. The van der Waals surface area contributed by atoms with Crippen molar-refractivity contribution in [2.24, 2.45) is 0 Å². The maximum atomic E-state index is 5.26. The Morgan fingerprint density at radius 3 is 2.56 bits per heavy atom. The summed E-state index contributed by atoms with van der Waals surface area (Å²) in [4.78, 5) is 2.41. The molecule has 0 aromatic heterocycles. The Morgan fingerprint density at radius 2 is 2.00 bits per heavy atom. The van der Waals surface area contributed by atoms with Gasteiger partial charge in [0, 0.05) is 39.4 Å². The normalized spacial score (nSPS) is 13.3. The summed E-state index contributed by atoms with van der Waals surface area (Å²) < 4.78 is 10.4. The quantitative estimate of drug-likeness (QED) is 0.538. The molecule has 0 aliphatic rings. The molecule has 4 nitrogen and oxygen atoms in total. The largest absolute Gasteiger partial charge is 0.383 e. The maximum Gasteiger partial charge on any atom is 0.0615 e. The van der Waals surface area contributed by atoms with E-state index in [4.69, 9.17) is 9.47 Å². The minimum absolute atomic E-state index is 0.490. The number of nitrogens with zero attached hydrogens (tertiary/aromatic N) is 1. The number of hydrogen-bond acceptors (Lipinski definition) is 4. The lowest BCUT2D eigenvalue weighted by atomic mass is 10.3. The topological polar surface area (TPSA) is 33.7 Å². The molecule has 1 N–H and O–H groups in total. The summed E-state index contributed by atoms with van der Waals surface area (Å²) in [6, 6.07) is 0.490. The average Bonchev–Trinajstić information content (AvgIpc) is 2.28. The summed E-state index contributed by atoms with van der Waals surface area (Å²) in [6.45, 7) is 12.9. The van der Waals surface area contributed by atoms with Crippen LogP contribution in [0.5, 0.6) is 0 Å². The van der Waals surface area contributed by atoms with Crippen LogP contribution in [0, 0.1) is 0 Å². The second-order valence-corrected chi connectivity index (χ2v) is 3.88. The van der Waals surface area contributed by atoms with Crippen LogP contribution in [0.3, 0.4) is 0 Å². The Hall–Kier alpha value is -0.160. The van der Waals surface area contributed by atoms with Gasteiger partial charge in [-0.25, -0.2) is 0 Å². The molecule has 0 amide bonds. The van der Waals surface area contributed by atoms with Crippen LogP contribution in [0.4, 0.5) is 0 Å². The molecule has 0 aromatic rings. The molecule has 1 unspecified atom stereocenters. The van der Waals surface area contributed by atoms with Crippen LogP contribution in [0.1, 0.15) is 20.8 Å². The van der Waals surface area contributed by atoms with Crippen LogP contribution >= 0.6 is 0 Å².